The molecule has 0 aromatic heterocycles. The topological polar surface area (TPSA) is 9.23 Å². The Bertz CT molecular complexity index is 504. The Kier molecular flexibility index (Phi) is 4.65. The van der Waals surface area contributed by atoms with Crippen molar-refractivity contribution >= 4 is 0 Å². The molecule has 1 aromatic carbocycles. The average molecular weight is 340 g/mol. The lowest BCUT2D eigenvalue weighted by molar-refractivity contribution is -0.399. The summed E-state index contributed by atoms with van der Waals surface area (Å²) in [5.41, 5.74) is -1.69. The first-order valence-electron chi connectivity index (χ1n) is 5.72. The van der Waals surface area contributed by atoms with E-state index in [1.165, 1.54) is 6.92 Å². The Hall–Kier alpha value is -1.61. The van der Waals surface area contributed by atoms with E-state index in [1.807, 2.05) is 0 Å². The SMILES string of the molecule is CCOc1ccc(C(F)(F)C(F)(F)C(F)(F)C(F)(F)F)cc1. The van der Waals surface area contributed by atoms with Crippen LogP contribution in [0.2, 0.25) is 0 Å². The second-order valence-electron chi connectivity index (χ2n) is 4.18. The molecule has 0 bridgehead atoms. The van der Waals surface area contributed by atoms with Gasteiger partial charge in [-0.25, -0.2) is 0 Å². The summed E-state index contributed by atoms with van der Waals surface area (Å²) in [5, 5.41) is 0. The Balaban J connectivity index is 3.26. The van der Waals surface area contributed by atoms with Gasteiger partial charge in [0, 0.05) is 5.56 Å². The van der Waals surface area contributed by atoms with Gasteiger partial charge >= 0.3 is 23.9 Å². The van der Waals surface area contributed by atoms with Gasteiger partial charge in [-0.3, -0.25) is 0 Å². The fourth-order valence-electron chi connectivity index (χ4n) is 1.48. The lowest BCUT2D eigenvalue weighted by Crippen LogP contribution is -2.59. The van der Waals surface area contributed by atoms with Gasteiger partial charge in [0.2, 0.25) is 0 Å². The summed E-state index contributed by atoms with van der Waals surface area (Å²) in [5.74, 6) is -19.3. The van der Waals surface area contributed by atoms with Crippen LogP contribution in [0, 0.1) is 0 Å². The zero-order chi connectivity index (χ0) is 17.4. The van der Waals surface area contributed by atoms with Crippen molar-refractivity contribution in [2.45, 2.75) is 30.9 Å². The van der Waals surface area contributed by atoms with E-state index in [-0.39, 0.29) is 12.4 Å². The van der Waals surface area contributed by atoms with Crippen LogP contribution in [0.15, 0.2) is 24.3 Å². The number of rotatable bonds is 5. The number of hydrogen-bond donors (Lipinski definition) is 0. The second kappa shape index (κ2) is 5.54. The minimum atomic E-state index is -6.90. The predicted molar refractivity (Wildman–Crippen MR) is 57.5 cm³/mol. The van der Waals surface area contributed by atoms with Crippen molar-refractivity contribution in [3.05, 3.63) is 29.8 Å². The number of halogens is 9. The average Bonchev–Trinajstić information content (AvgIpc) is 2.38. The second-order valence-corrected chi connectivity index (χ2v) is 4.18. The molecule has 0 aliphatic heterocycles. The number of ether oxygens (including phenoxy) is 1. The van der Waals surface area contributed by atoms with Crippen molar-refractivity contribution in [1.82, 2.24) is 0 Å². The van der Waals surface area contributed by atoms with Gasteiger partial charge in [0.25, 0.3) is 0 Å². The maximum absolute atomic E-state index is 13.5. The minimum Gasteiger partial charge on any atom is -0.494 e. The molecule has 0 heterocycles. The molecule has 0 saturated carbocycles. The summed E-state index contributed by atoms with van der Waals surface area (Å²) in [7, 11) is 0. The normalized spacial score (nSPS) is 14.1. The Morgan fingerprint density at radius 2 is 1.23 bits per heavy atom. The van der Waals surface area contributed by atoms with Crippen LogP contribution in [-0.4, -0.2) is 24.6 Å². The van der Waals surface area contributed by atoms with Crippen LogP contribution in [0.3, 0.4) is 0 Å². The zero-order valence-corrected chi connectivity index (χ0v) is 10.8. The molecule has 0 amide bonds. The van der Waals surface area contributed by atoms with E-state index < -0.39 is 29.5 Å². The highest BCUT2D eigenvalue weighted by Crippen LogP contribution is 2.56. The highest BCUT2D eigenvalue weighted by atomic mass is 19.4. The Morgan fingerprint density at radius 3 is 1.59 bits per heavy atom. The van der Waals surface area contributed by atoms with Crippen molar-refractivity contribution in [2.24, 2.45) is 0 Å². The van der Waals surface area contributed by atoms with Crippen LogP contribution in [0.5, 0.6) is 5.75 Å². The molecular weight excluding hydrogens is 331 g/mol. The maximum atomic E-state index is 13.5. The van der Waals surface area contributed by atoms with E-state index in [2.05, 4.69) is 0 Å². The Labute approximate surface area is 118 Å². The van der Waals surface area contributed by atoms with Gasteiger partial charge in [-0.15, -0.1) is 0 Å². The maximum Gasteiger partial charge on any atom is 0.460 e. The van der Waals surface area contributed by atoms with E-state index in [9.17, 15) is 39.5 Å². The molecule has 0 radical (unpaired) electrons. The summed E-state index contributed by atoms with van der Waals surface area (Å²) in [6.07, 6.45) is -6.83. The van der Waals surface area contributed by atoms with Gasteiger partial charge in [0.1, 0.15) is 5.75 Å². The van der Waals surface area contributed by atoms with Crippen molar-refractivity contribution < 1.29 is 44.3 Å². The molecule has 0 spiro atoms. The van der Waals surface area contributed by atoms with E-state index in [1.54, 1.807) is 0 Å². The zero-order valence-electron chi connectivity index (χ0n) is 10.8. The highest BCUT2D eigenvalue weighted by molar-refractivity contribution is 5.31. The molecule has 0 fully saturated rings. The van der Waals surface area contributed by atoms with E-state index in [0.29, 0.717) is 12.1 Å². The van der Waals surface area contributed by atoms with Crippen LogP contribution in [0.4, 0.5) is 39.5 Å². The fourth-order valence-corrected chi connectivity index (χ4v) is 1.48. The summed E-state index contributed by atoms with van der Waals surface area (Å²) >= 11 is 0. The first-order valence-corrected chi connectivity index (χ1v) is 5.72. The first kappa shape index (κ1) is 18.4. The van der Waals surface area contributed by atoms with Gasteiger partial charge in [0.05, 0.1) is 6.61 Å². The molecule has 10 heteroatoms. The molecule has 126 valence electrons. The van der Waals surface area contributed by atoms with Crippen LogP contribution in [-0.2, 0) is 5.92 Å². The van der Waals surface area contributed by atoms with E-state index in [0.717, 1.165) is 12.1 Å². The molecule has 0 N–H and O–H groups in total. The fraction of sp³-hybridized carbons (Fsp3) is 0.500. The molecule has 1 rings (SSSR count). The molecule has 0 aliphatic carbocycles. The van der Waals surface area contributed by atoms with Crippen LogP contribution in [0.1, 0.15) is 12.5 Å². The molecule has 0 aliphatic rings. The molecule has 22 heavy (non-hydrogen) atoms. The third kappa shape index (κ3) is 2.82. The number of hydrogen-bond acceptors (Lipinski definition) is 1. The summed E-state index contributed by atoms with van der Waals surface area (Å²) < 4.78 is 119. The lowest BCUT2D eigenvalue weighted by atomic mass is 9.97. The van der Waals surface area contributed by atoms with E-state index >= 15 is 0 Å². The van der Waals surface area contributed by atoms with Crippen LogP contribution < -0.4 is 4.74 Å². The standard InChI is InChI=1S/C12H9F9O/c1-2-22-8-5-3-7(4-6-8)9(13,14)10(15,16)11(17,18)12(19,20)21/h3-6H,2H2,1H3. The molecule has 0 atom stereocenters. The number of benzene rings is 1. The third-order valence-corrected chi connectivity index (χ3v) is 2.67. The summed E-state index contributed by atoms with van der Waals surface area (Å²) in [6.45, 7) is 1.64. The van der Waals surface area contributed by atoms with Crippen LogP contribution >= 0.6 is 0 Å². The lowest BCUT2D eigenvalue weighted by Gasteiger charge is -2.33. The number of alkyl halides is 9. The molecule has 0 saturated heterocycles. The monoisotopic (exact) mass is 340 g/mol. The Morgan fingerprint density at radius 1 is 0.773 bits per heavy atom. The summed E-state index contributed by atoms with van der Waals surface area (Å²) in [6, 6.07) is 2.11. The minimum absolute atomic E-state index is 0.0343. The predicted octanol–water partition coefficient (Wildman–Crippen LogP) is 5.01. The molecule has 1 nitrogen and oxygen atoms in total. The van der Waals surface area contributed by atoms with Crippen LogP contribution in [0.25, 0.3) is 0 Å². The first-order chi connectivity index (χ1) is 9.79. The quantitative estimate of drug-likeness (QED) is 0.685. The van der Waals surface area contributed by atoms with Gasteiger partial charge in [-0.05, 0) is 31.2 Å². The van der Waals surface area contributed by atoms with Crippen molar-refractivity contribution in [3.8, 4) is 5.75 Å². The highest BCUT2D eigenvalue weighted by Gasteiger charge is 2.81. The van der Waals surface area contributed by atoms with Crippen molar-refractivity contribution in [2.75, 3.05) is 6.61 Å². The summed E-state index contributed by atoms with van der Waals surface area (Å²) in [4.78, 5) is 0. The molecule has 1 aromatic rings. The van der Waals surface area contributed by atoms with Gasteiger partial charge in [-0.1, -0.05) is 0 Å². The molecule has 0 unspecified atom stereocenters. The third-order valence-electron chi connectivity index (χ3n) is 2.67. The van der Waals surface area contributed by atoms with Crippen molar-refractivity contribution in [3.63, 3.8) is 0 Å². The molecular formula is C12H9F9O. The smallest absolute Gasteiger partial charge is 0.460 e. The van der Waals surface area contributed by atoms with Crippen molar-refractivity contribution in [1.29, 1.82) is 0 Å². The van der Waals surface area contributed by atoms with Gasteiger partial charge < -0.3 is 4.74 Å². The largest absolute Gasteiger partial charge is 0.494 e. The van der Waals surface area contributed by atoms with E-state index in [4.69, 9.17) is 4.74 Å². The van der Waals surface area contributed by atoms with Gasteiger partial charge in [-0.2, -0.15) is 39.5 Å². The van der Waals surface area contributed by atoms with Gasteiger partial charge in [0.15, 0.2) is 0 Å².